The average molecular weight is 606 g/mol. The molecule has 2 amide bonds. The van der Waals surface area contributed by atoms with Gasteiger partial charge in [-0.2, -0.15) is 18.3 Å². The number of hydrogen-bond acceptors (Lipinski definition) is 6. The quantitative estimate of drug-likeness (QED) is 0.331. The summed E-state index contributed by atoms with van der Waals surface area (Å²) in [7, 11) is 0. The van der Waals surface area contributed by atoms with Crippen molar-refractivity contribution in [2.24, 2.45) is 0 Å². The summed E-state index contributed by atoms with van der Waals surface area (Å²) in [6, 6.07) is 5.73. The van der Waals surface area contributed by atoms with Crippen LogP contribution in [-0.4, -0.2) is 60.9 Å². The van der Waals surface area contributed by atoms with Crippen LogP contribution in [0.25, 0.3) is 10.9 Å². The van der Waals surface area contributed by atoms with E-state index in [-0.39, 0.29) is 37.4 Å². The van der Waals surface area contributed by atoms with E-state index in [1.807, 2.05) is 13.0 Å². The molecule has 3 aliphatic heterocycles. The molecule has 2 N–H and O–H groups in total. The number of nitrogens with zero attached hydrogens (tertiary/aromatic N) is 5. The lowest BCUT2D eigenvalue weighted by molar-refractivity contribution is -0.162. The number of hydrogen-bond donors (Lipinski definition) is 2. The van der Waals surface area contributed by atoms with Crippen molar-refractivity contribution in [3.8, 4) is 0 Å². The van der Waals surface area contributed by atoms with E-state index in [9.17, 15) is 22.8 Å². The number of carbonyl (C=O) groups excluding carboxylic acids is 2. The Morgan fingerprint density at radius 2 is 1.95 bits per heavy atom. The van der Waals surface area contributed by atoms with Crippen LogP contribution in [0.3, 0.4) is 0 Å². The van der Waals surface area contributed by atoms with Gasteiger partial charge in [-0.05, 0) is 55.0 Å². The second-order valence-corrected chi connectivity index (χ2v) is 12.6. The highest BCUT2D eigenvalue weighted by atomic mass is 19.4. The summed E-state index contributed by atoms with van der Waals surface area (Å²) in [5, 5.41) is 10.8. The molecule has 13 heteroatoms. The first kappa shape index (κ1) is 27.2. The molecule has 10 nitrogen and oxygen atoms in total. The maximum Gasteiger partial charge on any atom is 0.413 e. The molecule has 4 aliphatic rings. The number of halogens is 3. The summed E-state index contributed by atoms with van der Waals surface area (Å²) >= 11 is 0. The van der Waals surface area contributed by atoms with E-state index in [0.29, 0.717) is 44.0 Å². The van der Waals surface area contributed by atoms with Crippen LogP contribution in [0.1, 0.15) is 71.8 Å². The molecule has 2 fully saturated rings. The summed E-state index contributed by atoms with van der Waals surface area (Å²) in [5.74, 6) is 0.463. The predicted molar refractivity (Wildman–Crippen MR) is 152 cm³/mol. The van der Waals surface area contributed by atoms with Crippen molar-refractivity contribution >= 4 is 28.7 Å². The molecule has 0 bridgehead atoms. The molecule has 8 rings (SSSR count). The SMILES string of the molecule is Cc1cc2c(c3cn[nH]c13)Cn1c(C3(C(F)(F)F)CC3)cnc1C(CC(=O)N1CCC3(CC1)OC(=O)Nc1ncccc13)C2. The lowest BCUT2D eigenvalue weighted by atomic mass is 9.83. The molecular weight excluding hydrogens is 575 g/mol. The van der Waals surface area contributed by atoms with E-state index in [2.05, 4.69) is 31.5 Å². The van der Waals surface area contributed by atoms with Gasteiger partial charge in [0.2, 0.25) is 5.91 Å². The number of ether oxygens (including phenoxy) is 1. The van der Waals surface area contributed by atoms with Gasteiger partial charge >= 0.3 is 12.3 Å². The minimum Gasteiger partial charge on any atom is -0.437 e. The number of rotatable bonds is 3. The van der Waals surface area contributed by atoms with Gasteiger partial charge in [-0.1, -0.05) is 6.07 Å². The first-order chi connectivity index (χ1) is 21.1. The Bertz CT molecular complexity index is 1830. The van der Waals surface area contributed by atoms with E-state index in [1.165, 1.54) is 6.20 Å². The summed E-state index contributed by atoms with van der Waals surface area (Å²) < 4.78 is 50.5. The van der Waals surface area contributed by atoms with E-state index in [0.717, 1.165) is 33.2 Å². The zero-order valence-corrected chi connectivity index (χ0v) is 24.0. The van der Waals surface area contributed by atoms with Gasteiger partial charge in [0.25, 0.3) is 0 Å². The fraction of sp³-hybridized carbons (Fsp3) is 0.452. The van der Waals surface area contributed by atoms with Gasteiger partial charge in [0.05, 0.1) is 24.0 Å². The molecule has 1 saturated heterocycles. The number of H-pyrrole nitrogens is 1. The molecule has 6 heterocycles. The summed E-state index contributed by atoms with van der Waals surface area (Å²) in [4.78, 5) is 36.8. The topological polar surface area (TPSA) is 118 Å². The summed E-state index contributed by atoms with van der Waals surface area (Å²) in [6.45, 7) is 2.95. The van der Waals surface area contributed by atoms with Crippen LogP contribution in [0, 0.1) is 6.92 Å². The number of carbonyl (C=O) groups is 2. The monoisotopic (exact) mass is 605 g/mol. The zero-order chi connectivity index (χ0) is 30.4. The number of pyridine rings is 1. The van der Waals surface area contributed by atoms with Gasteiger partial charge in [-0.25, -0.2) is 14.8 Å². The van der Waals surface area contributed by atoms with Gasteiger partial charge in [0.1, 0.15) is 22.7 Å². The van der Waals surface area contributed by atoms with Crippen LogP contribution in [0.2, 0.25) is 0 Å². The maximum absolute atomic E-state index is 14.3. The van der Waals surface area contributed by atoms with E-state index in [1.54, 1.807) is 27.9 Å². The molecule has 1 aliphatic carbocycles. The fourth-order valence-electron chi connectivity index (χ4n) is 7.59. The second kappa shape index (κ2) is 9.29. The van der Waals surface area contributed by atoms with Crippen molar-refractivity contribution in [1.29, 1.82) is 0 Å². The van der Waals surface area contributed by atoms with Crippen molar-refractivity contribution in [1.82, 2.24) is 29.6 Å². The van der Waals surface area contributed by atoms with E-state index in [4.69, 9.17) is 4.74 Å². The smallest absolute Gasteiger partial charge is 0.413 e. The minimum atomic E-state index is -4.39. The van der Waals surface area contributed by atoms with Crippen molar-refractivity contribution < 1.29 is 27.5 Å². The lowest BCUT2D eigenvalue weighted by Crippen LogP contribution is -2.50. The molecule has 1 spiro atoms. The molecule has 1 atom stereocenters. The molecule has 1 saturated carbocycles. The van der Waals surface area contributed by atoms with Crippen LogP contribution >= 0.6 is 0 Å². The number of aromatic amines is 1. The van der Waals surface area contributed by atoms with Crippen LogP contribution < -0.4 is 5.32 Å². The molecule has 1 aromatic carbocycles. The van der Waals surface area contributed by atoms with Crippen molar-refractivity contribution in [2.75, 3.05) is 18.4 Å². The number of nitrogens with one attached hydrogen (secondary N) is 2. The van der Waals surface area contributed by atoms with Crippen LogP contribution in [-0.2, 0) is 33.5 Å². The third-order valence-corrected chi connectivity index (χ3v) is 10.1. The van der Waals surface area contributed by atoms with Crippen molar-refractivity contribution in [3.05, 3.63) is 70.6 Å². The summed E-state index contributed by atoms with van der Waals surface area (Å²) in [5.41, 5.74) is 1.94. The Balaban J connectivity index is 1.11. The molecule has 3 aromatic heterocycles. The van der Waals surface area contributed by atoms with Gasteiger partial charge in [-0.3, -0.25) is 15.2 Å². The largest absolute Gasteiger partial charge is 0.437 e. The summed E-state index contributed by atoms with van der Waals surface area (Å²) in [6.07, 6.45) is 1.22. The molecule has 228 valence electrons. The number of amides is 2. The van der Waals surface area contributed by atoms with Crippen LogP contribution in [0.5, 0.6) is 0 Å². The Kier molecular flexibility index (Phi) is 5.73. The molecular formula is C31H30F3N7O3. The second-order valence-electron chi connectivity index (χ2n) is 12.6. The number of likely N-dealkylation sites (tertiary alicyclic amines) is 1. The Hall–Kier alpha value is -4.42. The Morgan fingerprint density at radius 1 is 1.16 bits per heavy atom. The van der Waals surface area contributed by atoms with Gasteiger partial charge < -0.3 is 14.2 Å². The molecule has 0 radical (unpaired) electrons. The normalized spacial score (nSPS) is 21.6. The van der Waals surface area contributed by atoms with Crippen molar-refractivity contribution in [3.63, 3.8) is 0 Å². The molecule has 44 heavy (non-hydrogen) atoms. The zero-order valence-electron chi connectivity index (χ0n) is 24.0. The van der Waals surface area contributed by atoms with Gasteiger partial charge in [0.15, 0.2) is 0 Å². The number of aryl methyl sites for hydroxylation is 1. The van der Waals surface area contributed by atoms with Crippen LogP contribution in [0.15, 0.2) is 36.8 Å². The van der Waals surface area contributed by atoms with E-state index >= 15 is 0 Å². The average Bonchev–Trinajstić information content (AvgIpc) is 3.52. The number of anilines is 1. The first-order valence-corrected chi connectivity index (χ1v) is 14.9. The Morgan fingerprint density at radius 3 is 2.70 bits per heavy atom. The molecule has 1 unspecified atom stereocenters. The highest BCUT2D eigenvalue weighted by Gasteiger charge is 2.66. The first-order valence-electron chi connectivity index (χ1n) is 14.9. The molecule has 4 aromatic rings. The fourth-order valence-corrected chi connectivity index (χ4v) is 7.59. The highest BCUT2D eigenvalue weighted by Crippen LogP contribution is 2.59. The van der Waals surface area contributed by atoms with Gasteiger partial charge in [0, 0.05) is 61.6 Å². The number of alkyl halides is 3. The minimum absolute atomic E-state index is 0.0291. The number of benzene rings is 1. The third-order valence-electron chi connectivity index (χ3n) is 10.1. The standard InChI is InChI=1S/C31H30F3N7O3/c1-17-11-18-12-19(13-24(42)40-9-6-30(7-10-40)22-3-2-8-35-26(22)38-28(43)44-30)27-36-15-23(29(4-5-29)31(32,33)34)41(27)16-21(18)20-14-37-39-25(17)20/h2-3,8,11,14-15,19H,4-7,9-10,12-13,16H2,1H3,(H,37,39)(H,35,38,43). The van der Waals surface area contributed by atoms with Crippen molar-refractivity contribution in [2.45, 2.75) is 75.1 Å². The lowest BCUT2D eigenvalue weighted by Gasteiger charge is -2.43. The van der Waals surface area contributed by atoms with Crippen LogP contribution in [0.4, 0.5) is 23.8 Å². The maximum atomic E-state index is 14.3. The third kappa shape index (κ3) is 3.97. The number of piperidine rings is 1. The number of aromatic nitrogens is 5. The highest BCUT2D eigenvalue weighted by molar-refractivity contribution is 5.88. The van der Waals surface area contributed by atoms with E-state index < -0.39 is 29.2 Å². The predicted octanol–water partition coefficient (Wildman–Crippen LogP) is 5.21. The number of imidazole rings is 1. The van der Waals surface area contributed by atoms with Gasteiger partial charge in [-0.15, -0.1) is 0 Å². The number of fused-ring (bicyclic) bond motifs is 6. The Labute approximate surface area is 250 Å².